The smallest absolute Gasteiger partial charge is 0.335 e. The molecule has 0 radical (unpaired) electrons. The van der Waals surface area contributed by atoms with Crippen LogP contribution < -0.4 is 5.73 Å². The van der Waals surface area contributed by atoms with Gasteiger partial charge < -0.3 is 15.7 Å². The van der Waals surface area contributed by atoms with Gasteiger partial charge >= 0.3 is 5.97 Å². The molecule has 0 heterocycles. The molecular weight excluding hydrogens is 256 g/mol. The van der Waals surface area contributed by atoms with Crippen molar-refractivity contribution >= 4 is 11.9 Å². The maximum absolute atomic E-state index is 12.1. The van der Waals surface area contributed by atoms with Crippen molar-refractivity contribution in [3.8, 4) is 0 Å². The van der Waals surface area contributed by atoms with E-state index in [0.29, 0.717) is 19.4 Å². The first-order valence-electron chi connectivity index (χ1n) is 6.65. The fraction of sp³-hybridized carbons (Fsp3) is 0.467. The van der Waals surface area contributed by atoms with Crippen LogP contribution in [0.15, 0.2) is 24.3 Å². The van der Waals surface area contributed by atoms with E-state index in [9.17, 15) is 9.59 Å². The van der Waals surface area contributed by atoms with Crippen molar-refractivity contribution in [1.29, 1.82) is 0 Å². The van der Waals surface area contributed by atoms with E-state index in [2.05, 4.69) is 0 Å². The highest BCUT2D eigenvalue weighted by Gasteiger charge is 2.28. The minimum atomic E-state index is -0.952. The Morgan fingerprint density at radius 1 is 1.35 bits per heavy atom. The topological polar surface area (TPSA) is 83.6 Å². The molecule has 0 fully saturated rings. The lowest BCUT2D eigenvalue weighted by Crippen LogP contribution is -2.52. The zero-order chi connectivity index (χ0) is 15.3. The summed E-state index contributed by atoms with van der Waals surface area (Å²) in [5.74, 6) is -1.08. The van der Waals surface area contributed by atoms with Crippen molar-refractivity contribution in [2.75, 3.05) is 13.6 Å². The van der Waals surface area contributed by atoms with E-state index in [0.717, 1.165) is 5.56 Å². The number of carbonyl (C=O) groups is 2. The lowest BCUT2D eigenvalue weighted by molar-refractivity contribution is -0.135. The number of rotatable bonds is 6. The van der Waals surface area contributed by atoms with Gasteiger partial charge in [0.25, 0.3) is 0 Å². The molecule has 1 unspecified atom stereocenters. The lowest BCUT2D eigenvalue weighted by Gasteiger charge is -2.28. The molecule has 1 rings (SSSR count). The number of benzene rings is 1. The summed E-state index contributed by atoms with van der Waals surface area (Å²) < 4.78 is 0. The standard InChI is InChI=1S/C15H22N2O3/c1-4-15(2,16)14(20)17(3)10-9-11-7-5-6-8-12(11)13(18)19/h5-8H,4,9-10,16H2,1-3H3,(H,18,19). The van der Waals surface area contributed by atoms with Crippen LogP contribution in [-0.4, -0.2) is 41.0 Å². The van der Waals surface area contributed by atoms with Crippen molar-refractivity contribution in [2.45, 2.75) is 32.2 Å². The van der Waals surface area contributed by atoms with E-state index in [1.54, 1.807) is 43.1 Å². The molecule has 1 aromatic rings. The number of hydrogen-bond acceptors (Lipinski definition) is 3. The first kappa shape index (κ1) is 16.2. The largest absolute Gasteiger partial charge is 0.478 e. The predicted octanol–water partition coefficient (Wildman–Crippen LogP) is 1.51. The van der Waals surface area contributed by atoms with Gasteiger partial charge in [0.2, 0.25) is 5.91 Å². The highest BCUT2D eigenvalue weighted by atomic mass is 16.4. The van der Waals surface area contributed by atoms with Gasteiger partial charge in [0.15, 0.2) is 0 Å². The quantitative estimate of drug-likeness (QED) is 0.826. The Bertz CT molecular complexity index is 498. The third-order valence-corrected chi connectivity index (χ3v) is 3.53. The summed E-state index contributed by atoms with van der Waals surface area (Å²) in [6, 6.07) is 6.82. The predicted molar refractivity (Wildman–Crippen MR) is 77.6 cm³/mol. The zero-order valence-electron chi connectivity index (χ0n) is 12.2. The van der Waals surface area contributed by atoms with Crippen LogP contribution in [0.25, 0.3) is 0 Å². The number of carboxylic acid groups (broad SMARTS) is 1. The van der Waals surface area contributed by atoms with Gasteiger partial charge in [0.05, 0.1) is 11.1 Å². The SMILES string of the molecule is CCC(C)(N)C(=O)N(C)CCc1ccccc1C(=O)O. The first-order valence-corrected chi connectivity index (χ1v) is 6.65. The van der Waals surface area contributed by atoms with Crippen LogP contribution in [0.1, 0.15) is 36.2 Å². The Morgan fingerprint density at radius 2 is 1.95 bits per heavy atom. The van der Waals surface area contributed by atoms with Crippen molar-refractivity contribution < 1.29 is 14.7 Å². The molecule has 5 heteroatoms. The Labute approximate surface area is 119 Å². The number of likely N-dealkylation sites (N-methyl/N-ethyl adjacent to an activating group) is 1. The summed E-state index contributed by atoms with van der Waals surface area (Å²) in [6.07, 6.45) is 1.05. The Balaban J connectivity index is 2.73. The minimum Gasteiger partial charge on any atom is -0.478 e. The van der Waals surface area contributed by atoms with Crippen LogP contribution in [0.4, 0.5) is 0 Å². The summed E-state index contributed by atoms with van der Waals surface area (Å²) in [4.78, 5) is 24.8. The molecule has 110 valence electrons. The molecule has 0 aromatic heterocycles. The van der Waals surface area contributed by atoms with Crippen molar-refractivity contribution in [3.05, 3.63) is 35.4 Å². The second-order valence-corrected chi connectivity index (χ2v) is 5.21. The molecule has 20 heavy (non-hydrogen) atoms. The highest BCUT2D eigenvalue weighted by Crippen LogP contribution is 2.12. The highest BCUT2D eigenvalue weighted by molar-refractivity contribution is 5.89. The molecule has 1 aromatic carbocycles. The molecule has 1 atom stereocenters. The van der Waals surface area contributed by atoms with Crippen LogP contribution in [0.3, 0.4) is 0 Å². The average Bonchev–Trinajstić information content (AvgIpc) is 2.43. The van der Waals surface area contributed by atoms with Crippen LogP contribution in [0.2, 0.25) is 0 Å². The van der Waals surface area contributed by atoms with Crippen LogP contribution in [0.5, 0.6) is 0 Å². The molecule has 0 spiro atoms. The van der Waals surface area contributed by atoms with Gasteiger partial charge in [0.1, 0.15) is 0 Å². The molecule has 3 N–H and O–H groups in total. The number of amides is 1. The third-order valence-electron chi connectivity index (χ3n) is 3.53. The zero-order valence-corrected chi connectivity index (χ0v) is 12.2. The molecule has 0 saturated carbocycles. The first-order chi connectivity index (χ1) is 9.29. The van der Waals surface area contributed by atoms with Gasteiger partial charge in [-0.3, -0.25) is 4.79 Å². The fourth-order valence-electron chi connectivity index (χ4n) is 1.92. The fourth-order valence-corrected chi connectivity index (χ4v) is 1.92. The van der Waals surface area contributed by atoms with Crippen molar-refractivity contribution in [1.82, 2.24) is 4.90 Å². The van der Waals surface area contributed by atoms with E-state index >= 15 is 0 Å². The Kier molecular flexibility index (Phi) is 5.27. The normalized spacial score (nSPS) is 13.6. The van der Waals surface area contributed by atoms with Crippen LogP contribution >= 0.6 is 0 Å². The van der Waals surface area contributed by atoms with Crippen LogP contribution in [0, 0.1) is 0 Å². The van der Waals surface area contributed by atoms with Gasteiger partial charge in [-0.05, 0) is 31.4 Å². The van der Waals surface area contributed by atoms with Gasteiger partial charge in [-0.1, -0.05) is 25.1 Å². The number of aromatic carboxylic acids is 1. The number of carboxylic acids is 1. The minimum absolute atomic E-state index is 0.132. The molecule has 0 saturated heterocycles. The molecule has 0 aliphatic carbocycles. The Morgan fingerprint density at radius 3 is 2.50 bits per heavy atom. The van der Waals surface area contributed by atoms with Crippen molar-refractivity contribution in [2.24, 2.45) is 5.73 Å². The summed E-state index contributed by atoms with van der Waals surface area (Å²) in [5, 5.41) is 9.11. The maximum Gasteiger partial charge on any atom is 0.335 e. The molecule has 0 aliphatic rings. The molecule has 0 aliphatic heterocycles. The number of nitrogens with zero attached hydrogens (tertiary/aromatic N) is 1. The van der Waals surface area contributed by atoms with E-state index < -0.39 is 11.5 Å². The molecule has 1 amide bonds. The Hall–Kier alpha value is -1.88. The number of carbonyl (C=O) groups excluding carboxylic acids is 1. The number of hydrogen-bond donors (Lipinski definition) is 2. The average molecular weight is 278 g/mol. The maximum atomic E-state index is 12.1. The van der Waals surface area contributed by atoms with E-state index in [1.165, 1.54) is 0 Å². The van der Waals surface area contributed by atoms with Gasteiger partial charge in [-0.2, -0.15) is 0 Å². The molecular formula is C15H22N2O3. The summed E-state index contributed by atoms with van der Waals surface area (Å²) >= 11 is 0. The second-order valence-electron chi connectivity index (χ2n) is 5.21. The van der Waals surface area contributed by atoms with Gasteiger partial charge in [-0.15, -0.1) is 0 Å². The number of nitrogens with two attached hydrogens (primary N) is 1. The summed E-state index contributed by atoms with van der Waals surface area (Å²) in [6.45, 7) is 4.01. The second kappa shape index (κ2) is 6.52. The summed E-state index contributed by atoms with van der Waals surface area (Å²) in [7, 11) is 1.69. The monoisotopic (exact) mass is 278 g/mol. The third kappa shape index (κ3) is 3.81. The molecule has 5 nitrogen and oxygen atoms in total. The lowest BCUT2D eigenvalue weighted by atomic mass is 9.98. The van der Waals surface area contributed by atoms with Gasteiger partial charge in [0, 0.05) is 13.6 Å². The van der Waals surface area contributed by atoms with E-state index in [4.69, 9.17) is 10.8 Å². The van der Waals surface area contributed by atoms with Crippen LogP contribution in [-0.2, 0) is 11.2 Å². The van der Waals surface area contributed by atoms with Crippen molar-refractivity contribution in [3.63, 3.8) is 0 Å². The van der Waals surface area contributed by atoms with Gasteiger partial charge in [-0.25, -0.2) is 4.79 Å². The summed E-state index contributed by atoms with van der Waals surface area (Å²) in [5.41, 5.74) is 6.04. The van der Waals surface area contributed by atoms with E-state index in [-0.39, 0.29) is 11.5 Å². The molecule has 0 bridgehead atoms. The van der Waals surface area contributed by atoms with E-state index in [1.807, 2.05) is 6.92 Å².